The van der Waals surface area contributed by atoms with Crippen molar-refractivity contribution in [3.05, 3.63) is 48.2 Å². The molecule has 0 aliphatic carbocycles. The monoisotopic (exact) mass is 410 g/mol. The number of amides is 1. The molecule has 1 amide bonds. The fraction of sp³-hybridized carbons (Fsp3) is 0.409. The Hall–Kier alpha value is -2.97. The van der Waals surface area contributed by atoms with Gasteiger partial charge in [0.2, 0.25) is 0 Å². The molecule has 3 rings (SSSR count). The van der Waals surface area contributed by atoms with Crippen LogP contribution in [0, 0.1) is 0 Å². The number of hydrogen-bond acceptors (Lipinski definition) is 6. The van der Waals surface area contributed by atoms with Crippen LogP contribution >= 0.6 is 0 Å². The highest BCUT2D eigenvalue weighted by molar-refractivity contribution is 5.94. The van der Waals surface area contributed by atoms with E-state index in [0.717, 1.165) is 35.7 Å². The smallest absolute Gasteiger partial charge is 0.251 e. The lowest BCUT2D eigenvalue weighted by molar-refractivity contribution is -0.00280. The number of fused-ring (bicyclic) bond motifs is 1. The summed E-state index contributed by atoms with van der Waals surface area (Å²) in [5, 5.41) is 10.8. The number of ether oxygens (including phenoxy) is 1. The predicted octanol–water partition coefficient (Wildman–Crippen LogP) is 2.70. The third kappa shape index (κ3) is 5.77. The highest BCUT2D eigenvalue weighted by Crippen LogP contribution is 2.21. The van der Waals surface area contributed by atoms with Crippen LogP contribution in [-0.4, -0.2) is 52.3 Å². The van der Waals surface area contributed by atoms with Gasteiger partial charge in [-0.15, -0.1) is 5.10 Å². The number of benzene rings is 1. The molecule has 2 heterocycles. The first-order valence-corrected chi connectivity index (χ1v) is 10.2. The maximum absolute atomic E-state index is 12.0. The van der Waals surface area contributed by atoms with Crippen LogP contribution in [0.2, 0.25) is 0 Å². The first-order valence-electron chi connectivity index (χ1n) is 10.2. The first-order chi connectivity index (χ1) is 14.4. The zero-order valence-electron chi connectivity index (χ0n) is 17.8. The van der Waals surface area contributed by atoms with E-state index in [2.05, 4.69) is 41.5 Å². The molecule has 0 saturated heterocycles. The van der Waals surface area contributed by atoms with Crippen molar-refractivity contribution in [1.29, 1.82) is 0 Å². The predicted molar refractivity (Wildman–Crippen MR) is 119 cm³/mol. The molecule has 4 N–H and O–H groups in total. The van der Waals surface area contributed by atoms with Gasteiger partial charge in [-0.2, -0.15) is 0 Å². The van der Waals surface area contributed by atoms with Crippen LogP contribution in [-0.2, 0) is 4.74 Å². The standard InChI is InChI=1S/C22H30N6O2/c1-22(2,3)30-14-4-12-24-19-9-10-20-26-15-18(28(20)27-19)16-5-7-17(8-6-16)21(29)25-13-11-23/h5-10,15H,4,11-14,23H2,1-3H3,(H,24,27)(H,25,29). The second-order valence-corrected chi connectivity index (χ2v) is 8.00. The Labute approximate surface area is 176 Å². The van der Waals surface area contributed by atoms with Crippen molar-refractivity contribution in [3.63, 3.8) is 0 Å². The summed E-state index contributed by atoms with van der Waals surface area (Å²) in [6, 6.07) is 11.2. The molecule has 0 fully saturated rings. The zero-order valence-corrected chi connectivity index (χ0v) is 17.8. The third-order valence-corrected chi connectivity index (χ3v) is 4.40. The van der Waals surface area contributed by atoms with Gasteiger partial charge >= 0.3 is 0 Å². The normalized spacial score (nSPS) is 11.6. The third-order valence-electron chi connectivity index (χ3n) is 4.40. The van der Waals surface area contributed by atoms with Gasteiger partial charge in [0, 0.05) is 37.4 Å². The topological polar surface area (TPSA) is 107 Å². The van der Waals surface area contributed by atoms with Gasteiger partial charge in [0.25, 0.3) is 5.91 Å². The zero-order chi connectivity index (χ0) is 21.6. The van der Waals surface area contributed by atoms with Crippen molar-refractivity contribution in [1.82, 2.24) is 19.9 Å². The number of aromatic nitrogens is 3. The van der Waals surface area contributed by atoms with E-state index in [1.54, 1.807) is 22.8 Å². The lowest BCUT2D eigenvalue weighted by Crippen LogP contribution is -2.28. The summed E-state index contributed by atoms with van der Waals surface area (Å²) in [6.07, 6.45) is 2.67. The molecule has 0 spiro atoms. The Kier molecular flexibility index (Phi) is 7.02. The molecule has 3 aromatic rings. The van der Waals surface area contributed by atoms with E-state index in [1.165, 1.54) is 0 Å². The van der Waals surface area contributed by atoms with E-state index in [9.17, 15) is 4.79 Å². The van der Waals surface area contributed by atoms with Gasteiger partial charge in [-0.25, -0.2) is 9.50 Å². The van der Waals surface area contributed by atoms with Crippen molar-refractivity contribution >= 4 is 17.4 Å². The Morgan fingerprint density at radius 1 is 1.13 bits per heavy atom. The molecule has 30 heavy (non-hydrogen) atoms. The maximum atomic E-state index is 12.0. The Morgan fingerprint density at radius 3 is 2.60 bits per heavy atom. The molecule has 0 atom stereocenters. The molecule has 0 bridgehead atoms. The van der Waals surface area contributed by atoms with Gasteiger partial charge < -0.3 is 21.1 Å². The van der Waals surface area contributed by atoms with Crippen LogP contribution in [0.1, 0.15) is 37.6 Å². The minimum absolute atomic E-state index is 0.122. The van der Waals surface area contributed by atoms with E-state index in [4.69, 9.17) is 10.5 Å². The minimum atomic E-state index is -0.134. The highest BCUT2D eigenvalue weighted by atomic mass is 16.5. The van der Waals surface area contributed by atoms with Crippen LogP contribution in [0.3, 0.4) is 0 Å². The van der Waals surface area contributed by atoms with Gasteiger partial charge in [-0.3, -0.25) is 4.79 Å². The number of nitrogens with zero attached hydrogens (tertiary/aromatic N) is 3. The van der Waals surface area contributed by atoms with E-state index in [0.29, 0.717) is 25.3 Å². The largest absolute Gasteiger partial charge is 0.376 e. The molecule has 2 aromatic heterocycles. The molecule has 0 radical (unpaired) electrons. The minimum Gasteiger partial charge on any atom is -0.376 e. The summed E-state index contributed by atoms with van der Waals surface area (Å²) >= 11 is 0. The van der Waals surface area contributed by atoms with Crippen molar-refractivity contribution in [2.75, 3.05) is 31.6 Å². The number of imidazole rings is 1. The summed E-state index contributed by atoms with van der Waals surface area (Å²) in [4.78, 5) is 16.5. The van der Waals surface area contributed by atoms with Gasteiger partial charge in [0.15, 0.2) is 5.65 Å². The number of rotatable bonds is 9. The second-order valence-electron chi connectivity index (χ2n) is 8.00. The van der Waals surface area contributed by atoms with Crippen LogP contribution in [0.5, 0.6) is 0 Å². The quantitative estimate of drug-likeness (QED) is 0.468. The van der Waals surface area contributed by atoms with Gasteiger partial charge in [0.1, 0.15) is 5.82 Å². The summed E-state index contributed by atoms with van der Waals surface area (Å²) in [5.74, 6) is 0.639. The molecule has 0 saturated carbocycles. The van der Waals surface area contributed by atoms with Crippen LogP contribution in [0.15, 0.2) is 42.6 Å². The molecule has 160 valence electrons. The SMILES string of the molecule is CC(C)(C)OCCCNc1ccc2ncc(-c3ccc(C(=O)NCCN)cc3)n2n1. The maximum Gasteiger partial charge on any atom is 0.251 e. The number of nitrogens with one attached hydrogen (secondary N) is 2. The number of carbonyl (C=O) groups is 1. The Bertz CT molecular complexity index is 975. The molecule has 8 heteroatoms. The fourth-order valence-corrected chi connectivity index (χ4v) is 2.91. The average Bonchev–Trinajstić information content (AvgIpc) is 3.14. The van der Waals surface area contributed by atoms with E-state index < -0.39 is 0 Å². The van der Waals surface area contributed by atoms with Gasteiger partial charge in [-0.05, 0) is 51.5 Å². The lowest BCUT2D eigenvalue weighted by atomic mass is 10.1. The van der Waals surface area contributed by atoms with Gasteiger partial charge in [-0.1, -0.05) is 12.1 Å². The second kappa shape index (κ2) is 9.69. The lowest BCUT2D eigenvalue weighted by Gasteiger charge is -2.19. The summed E-state index contributed by atoms with van der Waals surface area (Å²) in [5.41, 5.74) is 8.45. The summed E-state index contributed by atoms with van der Waals surface area (Å²) in [7, 11) is 0. The van der Waals surface area contributed by atoms with E-state index in [1.807, 2.05) is 24.3 Å². The van der Waals surface area contributed by atoms with Crippen LogP contribution in [0.25, 0.3) is 16.9 Å². The van der Waals surface area contributed by atoms with Crippen LogP contribution < -0.4 is 16.4 Å². The van der Waals surface area contributed by atoms with Gasteiger partial charge in [0.05, 0.1) is 17.5 Å². The fourth-order valence-electron chi connectivity index (χ4n) is 2.91. The van der Waals surface area contributed by atoms with E-state index >= 15 is 0 Å². The molecular formula is C22H30N6O2. The Morgan fingerprint density at radius 2 is 1.90 bits per heavy atom. The first kappa shape index (κ1) is 21.7. The van der Waals surface area contributed by atoms with E-state index in [-0.39, 0.29) is 11.5 Å². The molecule has 0 aliphatic heterocycles. The van der Waals surface area contributed by atoms with Crippen molar-refractivity contribution in [2.24, 2.45) is 5.73 Å². The van der Waals surface area contributed by atoms with Crippen molar-refractivity contribution in [3.8, 4) is 11.3 Å². The number of hydrogen-bond donors (Lipinski definition) is 3. The molecule has 8 nitrogen and oxygen atoms in total. The number of nitrogens with two attached hydrogens (primary N) is 1. The van der Waals surface area contributed by atoms with Crippen molar-refractivity contribution < 1.29 is 9.53 Å². The molecule has 1 aromatic carbocycles. The summed E-state index contributed by atoms with van der Waals surface area (Å²) in [6.45, 7) is 8.49. The molecule has 0 unspecified atom stereocenters. The highest BCUT2D eigenvalue weighted by Gasteiger charge is 2.11. The number of anilines is 1. The number of carbonyl (C=O) groups excluding carboxylic acids is 1. The molecular weight excluding hydrogens is 380 g/mol. The summed E-state index contributed by atoms with van der Waals surface area (Å²) < 4.78 is 7.54. The van der Waals surface area contributed by atoms with Crippen LogP contribution in [0.4, 0.5) is 5.82 Å². The Balaban J connectivity index is 1.68. The molecule has 0 aliphatic rings. The average molecular weight is 411 g/mol. The van der Waals surface area contributed by atoms with Crippen molar-refractivity contribution in [2.45, 2.75) is 32.8 Å².